The largest absolute Gasteiger partial charge is 0.444 e. The van der Waals surface area contributed by atoms with Gasteiger partial charge in [0.25, 0.3) is 5.91 Å². The Morgan fingerprint density at radius 1 is 1.05 bits per heavy atom. The number of likely N-dealkylation sites (tertiary alicyclic amines) is 1. The van der Waals surface area contributed by atoms with E-state index >= 15 is 0 Å². The lowest BCUT2D eigenvalue weighted by atomic mass is 9.92. The van der Waals surface area contributed by atoms with Crippen LogP contribution < -0.4 is 16.0 Å². The zero-order valence-electron chi connectivity index (χ0n) is 23.4. The molecule has 0 spiro atoms. The summed E-state index contributed by atoms with van der Waals surface area (Å²) >= 11 is 0. The van der Waals surface area contributed by atoms with Gasteiger partial charge in [0.1, 0.15) is 17.0 Å². The molecule has 2 aromatic rings. The zero-order chi connectivity index (χ0) is 29.4. The van der Waals surface area contributed by atoms with Crippen LogP contribution in [-0.4, -0.2) is 65.9 Å². The van der Waals surface area contributed by atoms with Crippen molar-refractivity contribution in [3.63, 3.8) is 0 Å². The molecule has 0 aliphatic carbocycles. The van der Waals surface area contributed by atoms with Crippen LogP contribution in [0.2, 0.25) is 0 Å². The number of hydrogen-bond donors (Lipinski definition) is 4. The lowest BCUT2D eigenvalue weighted by Crippen LogP contribution is -2.67. The number of carbonyl (C=O) groups is 2. The summed E-state index contributed by atoms with van der Waals surface area (Å²) in [7, 11) is 0. The monoisotopic (exact) mass is 552 g/mol. The van der Waals surface area contributed by atoms with E-state index in [1.165, 1.54) is 17.0 Å². The highest BCUT2D eigenvalue weighted by atomic mass is 19.2. The van der Waals surface area contributed by atoms with Crippen LogP contribution in [-0.2, 0) is 4.74 Å². The summed E-state index contributed by atoms with van der Waals surface area (Å²) in [6.45, 7) is 12.0. The summed E-state index contributed by atoms with van der Waals surface area (Å²) in [5, 5.41) is 18.9. The Hall–Kier alpha value is -3.31. The third kappa shape index (κ3) is 9.14. The third-order valence-corrected chi connectivity index (χ3v) is 5.62. The fourth-order valence-electron chi connectivity index (χ4n) is 3.84. The molecule has 0 unspecified atom stereocenters. The summed E-state index contributed by atoms with van der Waals surface area (Å²) in [5.74, 6) is -3.78. The molecule has 8 nitrogen and oxygen atoms in total. The van der Waals surface area contributed by atoms with E-state index in [4.69, 9.17) is 4.74 Å². The predicted molar refractivity (Wildman–Crippen MR) is 145 cm³/mol. The van der Waals surface area contributed by atoms with Crippen molar-refractivity contribution in [3.05, 3.63) is 58.9 Å². The molecular formula is C28H39F3N4O4. The number of rotatable bonds is 9. The number of aryl methyl sites for hydroxylation is 1. The molecule has 1 aliphatic rings. The smallest absolute Gasteiger partial charge is 0.407 e. The van der Waals surface area contributed by atoms with Gasteiger partial charge < -0.3 is 30.7 Å². The second-order valence-electron chi connectivity index (χ2n) is 10.2. The number of anilines is 2. The minimum Gasteiger partial charge on any atom is -0.444 e. The number of aliphatic hydroxyl groups is 1. The molecule has 0 bridgehead atoms. The Balaban J connectivity index is 0.00000260. The van der Waals surface area contributed by atoms with E-state index in [1.807, 2.05) is 13.8 Å². The molecule has 0 radical (unpaired) electrons. The summed E-state index contributed by atoms with van der Waals surface area (Å²) in [5.41, 5.74) is -1.88. The highest BCUT2D eigenvalue weighted by Crippen LogP contribution is 2.31. The fourth-order valence-corrected chi connectivity index (χ4v) is 3.84. The molecule has 3 rings (SSSR count). The minimum absolute atomic E-state index is 0.0215. The summed E-state index contributed by atoms with van der Waals surface area (Å²) in [6.07, 6.45) is 0.0905. The number of amides is 2. The molecule has 1 saturated heterocycles. The van der Waals surface area contributed by atoms with Crippen LogP contribution >= 0.6 is 0 Å². The fraction of sp³-hybridized carbons (Fsp3) is 0.500. The van der Waals surface area contributed by atoms with E-state index in [2.05, 4.69) is 16.0 Å². The molecule has 0 saturated carbocycles. The maximum atomic E-state index is 14.6. The Labute approximate surface area is 227 Å². The predicted octanol–water partition coefficient (Wildman–Crippen LogP) is 4.87. The van der Waals surface area contributed by atoms with Crippen molar-refractivity contribution in [2.45, 2.75) is 59.2 Å². The SMILES string of the molecule is CC.Cc1ccc(Nc2c(C(=O)N3CC(O)(CNCCCNC(=O)OC(C)(C)C)C3)ccc(F)c2F)c(F)c1. The van der Waals surface area contributed by atoms with E-state index < -0.39 is 46.3 Å². The zero-order valence-corrected chi connectivity index (χ0v) is 23.4. The van der Waals surface area contributed by atoms with Crippen molar-refractivity contribution in [2.75, 3.05) is 38.0 Å². The minimum atomic E-state index is -1.30. The number of ether oxygens (including phenoxy) is 1. The molecule has 2 amide bonds. The van der Waals surface area contributed by atoms with Crippen LogP contribution in [0, 0.1) is 24.4 Å². The van der Waals surface area contributed by atoms with Crippen LogP contribution in [0.1, 0.15) is 57.0 Å². The molecule has 216 valence electrons. The highest BCUT2D eigenvalue weighted by molar-refractivity contribution is 6.01. The van der Waals surface area contributed by atoms with Crippen molar-refractivity contribution in [1.29, 1.82) is 0 Å². The van der Waals surface area contributed by atoms with Gasteiger partial charge in [-0.05, 0) is 70.5 Å². The molecule has 4 N–H and O–H groups in total. The molecule has 39 heavy (non-hydrogen) atoms. The van der Waals surface area contributed by atoms with Gasteiger partial charge >= 0.3 is 6.09 Å². The van der Waals surface area contributed by atoms with Gasteiger partial charge in [0, 0.05) is 13.1 Å². The standard InChI is InChI=1S/C26H33F3N4O4.C2H6/c1-16-6-9-20(19(28)12-16)32-22-17(7-8-18(27)21(22)29)23(34)33-14-26(36,15-33)13-30-10-5-11-31-24(35)37-25(2,3)4;1-2/h6-9,12,30,32,36H,5,10-11,13-15H2,1-4H3,(H,31,35);1-2H3. The lowest BCUT2D eigenvalue weighted by Gasteiger charge is -2.46. The second kappa shape index (κ2) is 13.7. The van der Waals surface area contributed by atoms with E-state index in [9.17, 15) is 27.9 Å². The number of nitrogens with zero attached hydrogens (tertiary/aromatic N) is 1. The first kappa shape index (κ1) is 31.9. The van der Waals surface area contributed by atoms with E-state index in [0.717, 1.165) is 12.1 Å². The van der Waals surface area contributed by atoms with Gasteiger partial charge in [-0.25, -0.2) is 18.0 Å². The van der Waals surface area contributed by atoms with Gasteiger partial charge in [-0.3, -0.25) is 4.79 Å². The number of nitrogens with one attached hydrogen (secondary N) is 3. The van der Waals surface area contributed by atoms with Crippen LogP contribution in [0.25, 0.3) is 0 Å². The van der Waals surface area contributed by atoms with Crippen molar-refractivity contribution in [2.24, 2.45) is 0 Å². The summed E-state index contributed by atoms with van der Waals surface area (Å²) < 4.78 is 48.0. The quantitative estimate of drug-likeness (QED) is 0.331. The Kier molecular flexibility index (Phi) is 11.2. The van der Waals surface area contributed by atoms with E-state index in [1.54, 1.807) is 33.8 Å². The second-order valence-corrected chi connectivity index (χ2v) is 10.2. The van der Waals surface area contributed by atoms with Gasteiger partial charge in [-0.15, -0.1) is 0 Å². The Morgan fingerprint density at radius 3 is 2.33 bits per heavy atom. The van der Waals surface area contributed by atoms with Gasteiger partial charge in [-0.1, -0.05) is 19.9 Å². The average Bonchev–Trinajstić information content (AvgIpc) is 2.84. The number of hydrogen-bond acceptors (Lipinski definition) is 6. The molecule has 2 aromatic carbocycles. The Morgan fingerprint density at radius 2 is 1.72 bits per heavy atom. The first-order chi connectivity index (χ1) is 18.3. The highest BCUT2D eigenvalue weighted by Gasteiger charge is 2.44. The molecule has 0 atom stereocenters. The molecule has 1 heterocycles. The van der Waals surface area contributed by atoms with Gasteiger partial charge in [0.2, 0.25) is 0 Å². The van der Waals surface area contributed by atoms with Crippen LogP contribution in [0.5, 0.6) is 0 Å². The van der Waals surface area contributed by atoms with Gasteiger partial charge in [-0.2, -0.15) is 0 Å². The summed E-state index contributed by atoms with van der Waals surface area (Å²) in [6, 6.07) is 6.17. The van der Waals surface area contributed by atoms with Crippen molar-refractivity contribution in [1.82, 2.24) is 15.5 Å². The first-order valence-corrected chi connectivity index (χ1v) is 13.0. The molecule has 1 aliphatic heterocycles. The van der Waals surface area contributed by atoms with Crippen molar-refractivity contribution >= 4 is 23.4 Å². The molecule has 11 heteroatoms. The van der Waals surface area contributed by atoms with E-state index in [-0.39, 0.29) is 30.9 Å². The average molecular weight is 553 g/mol. The van der Waals surface area contributed by atoms with Crippen molar-refractivity contribution in [3.8, 4) is 0 Å². The van der Waals surface area contributed by atoms with Crippen LogP contribution in [0.3, 0.4) is 0 Å². The first-order valence-electron chi connectivity index (χ1n) is 13.0. The number of β-amino-alcohol motifs (C(OH)–C–C–N with tert-alkyl or cyclic N) is 1. The lowest BCUT2D eigenvalue weighted by molar-refractivity contribution is -0.0784. The molecular weight excluding hydrogens is 513 g/mol. The number of halogens is 3. The molecule has 1 fully saturated rings. The maximum absolute atomic E-state index is 14.6. The van der Waals surface area contributed by atoms with Crippen LogP contribution in [0.4, 0.5) is 29.3 Å². The number of carbonyl (C=O) groups excluding carboxylic acids is 2. The third-order valence-electron chi connectivity index (χ3n) is 5.62. The maximum Gasteiger partial charge on any atom is 0.407 e. The Bertz CT molecular complexity index is 1150. The number of alkyl carbamates (subject to hydrolysis) is 1. The molecule has 0 aromatic heterocycles. The number of benzene rings is 2. The van der Waals surface area contributed by atoms with Gasteiger partial charge in [0.15, 0.2) is 11.6 Å². The topological polar surface area (TPSA) is 103 Å². The summed E-state index contributed by atoms with van der Waals surface area (Å²) in [4.78, 5) is 25.9. The van der Waals surface area contributed by atoms with Gasteiger partial charge in [0.05, 0.1) is 30.0 Å². The van der Waals surface area contributed by atoms with Crippen LogP contribution in [0.15, 0.2) is 30.3 Å². The van der Waals surface area contributed by atoms with E-state index in [0.29, 0.717) is 25.1 Å². The normalized spacial score (nSPS) is 14.1. The van der Waals surface area contributed by atoms with Crippen molar-refractivity contribution < 1.29 is 32.6 Å².